The van der Waals surface area contributed by atoms with Crippen molar-refractivity contribution in [3.8, 4) is 0 Å². The molecule has 6 heteroatoms. The van der Waals surface area contributed by atoms with Crippen LogP contribution in [0.2, 0.25) is 0 Å². The van der Waals surface area contributed by atoms with Crippen molar-refractivity contribution in [2.24, 2.45) is 5.92 Å². The molecule has 0 radical (unpaired) electrons. The predicted molar refractivity (Wildman–Crippen MR) is 91.2 cm³/mol. The molecule has 24 heavy (non-hydrogen) atoms. The van der Waals surface area contributed by atoms with Crippen LogP contribution in [0.5, 0.6) is 0 Å². The molecule has 1 aromatic heterocycles. The number of hydrogen-bond donors (Lipinski definition) is 1. The number of carbonyl (C=O) groups is 2. The summed E-state index contributed by atoms with van der Waals surface area (Å²) in [5, 5.41) is 9.16. The second-order valence-corrected chi connectivity index (χ2v) is 6.73. The smallest absolute Gasteiger partial charge is 0.308 e. The maximum atomic E-state index is 12.6. The topological polar surface area (TPSA) is 73.7 Å². The Morgan fingerprint density at radius 3 is 2.42 bits per heavy atom. The van der Waals surface area contributed by atoms with E-state index in [-0.39, 0.29) is 5.91 Å². The van der Waals surface area contributed by atoms with E-state index >= 15 is 0 Å². The van der Waals surface area contributed by atoms with Crippen molar-refractivity contribution in [1.29, 1.82) is 0 Å². The summed E-state index contributed by atoms with van der Waals surface area (Å²) in [5.41, 5.74) is 0.541. The van der Waals surface area contributed by atoms with Crippen molar-refractivity contribution in [3.05, 3.63) is 23.9 Å². The summed E-state index contributed by atoms with van der Waals surface area (Å²) < 4.78 is 0. The Morgan fingerprint density at radius 1 is 1.04 bits per heavy atom. The molecular formula is C18H25N3O3. The Labute approximate surface area is 142 Å². The number of anilines is 1. The molecule has 3 rings (SSSR count). The fourth-order valence-corrected chi connectivity index (χ4v) is 3.55. The Kier molecular flexibility index (Phi) is 5.33. The number of hydrogen-bond acceptors (Lipinski definition) is 4. The molecule has 0 aromatic carbocycles. The number of nitrogens with zero attached hydrogens (tertiary/aromatic N) is 3. The van der Waals surface area contributed by atoms with E-state index in [1.807, 2.05) is 12.1 Å². The van der Waals surface area contributed by atoms with Gasteiger partial charge in [0, 0.05) is 32.4 Å². The van der Waals surface area contributed by atoms with Gasteiger partial charge >= 0.3 is 5.97 Å². The van der Waals surface area contributed by atoms with E-state index in [1.165, 1.54) is 25.7 Å². The molecule has 2 saturated heterocycles. The maximum absolute atomic E-state index is 12.6. The van der Waals surface area contributed by atoms with E-state index in [0.717, 1.165) is 25.3 Å². The molecule has 0 spiro atoms. The van der Waals surface area contributed by atoms with E-state index in [2.05, 4.69) is 9.88 Å². The molecule has 3 heterocycles. The molecule has 1 aromatic rings. The average Bonchev–Trinajstić information content (AvgIpc) is 2.91. The highest BCUT2D eigenvalue weighted by Gasteiger charge is 2.28. The summed E-state index contributed by atoms with van der Waals surface area (Å²) in [6.45, 7) is 2.96. The van der Waals surface area contributed by atoms with Gasteiger partial charge < -0.3 is 14.9 Å². The number of aliphatic carboxylic acids is 1. The lowest BCUT2D eigenvalue weighted by molar-refractivity contribution is -0.143. The van der Waals surface area contributed by atoms with Crippen LogP contribution in [0.15, 0.2) is 18.3 Å². The summed E-state index contributed by atoms with van der Waals surface area (Å²) in [7, 11) is 0. The number of piperidine rings is 1. The highest BCUT2D eigenvalue weighted by atomic mass is 16.4. The monoisotopic (exact) mass is 331 g/mol. The van der Waals surface area contributed by atoms with Gasteiger partial charge in [0.15, 0.2) is 0 Å². The van der Waals surface area contributed by atoms with Crippen LogP contribution >= 0.6 is 0 Å². The summed E-state index contributed by atoms with van der Waals surface area (Å²) in [6.07, 6.45) is 7.93. The van der Waals surface area contributed by atoms with Crippen LogP contribution in [0.3, 0.4) is 0 Å². The number of carboxylic acid groups (broad SMARTS) is 1. The summed E-state index contributed by atoms with van der Waals surface area (Å²) >= 11 is 0. The number of likely N-dealkylation sites (tertiary alicyclic amines) is 1. The molecule has 130 valence electrons. The largest absolute Gasteiger partial charge is 0.481 e. The second-order valence-electron chi connectivity index (χ2n) is 6.73. The lowest BCUT2D eigenvalue weighted by atomic mass is 9.98. The van der Waals surface area contributed by atoms with Crippen LogP contribution in [0.4, 0.5) is 5.82 Å². The van der Waals surface area contributed by atoms with Crippen molar-refractivity contribution in [3.63, 3.8) is 0 Å². The minimum Gasteiger partial charge on any atom is -0.481 e. The first kappa shape index (κ1) is 16.7. The Balaban J connectivity index is 1.66. The van der Waals surface area contributed by atoms with Gasteiger partial charge in [-0.15, -0.1) is 0 Å². The van der Waals surface area contributed by atoms with Gasteiger partial charge in [-0.25, -0.2) is 4.98 Å². The third-order valence-corrected chi connectivity index (χ3v) is 4.98. The third-order valence-electron chi connectivity index (χ3n) is 4.98. The first-order valence-electron chi connectivity index (χ1n) is 8.88. The molecule has 1 amide bonds. The minimum atomic E-state index is -0.817. The number of rotatable bonds is 3. The van der Waals surface area contributed by atoms with Crippen molar-refractivity contribution in [2.45, 2.75) is 38.5 Å². The zero-order chi connectivity index (χ0) is 16.9. The van der Waals surface area contributed by atoms with Gasteiger partial charge in [0.1, 0.15) is 5.82 Å². The van der Waals surface area contributed by atoms with Gasteiger partial charge in [0.05, 0.1) is 11.5 Å². The second kappa shape index (κ2) is 7.64. The van der Waals surface area contributed by atoms with E-state index in [0.29, 0.717) is 25.1 Å². The first-order chi connectivity index (χ1) is 11.6. The van der Waals surface area contributed by atoms with Crippen LogP contribution in [0.1, 0.15) is 48.9 Å². The molecule has 2 fully saturated rings. The van der Waals surface area contributed by atoms with Crippen LogP contribution in [-0.4, -0.2) is 53.0 Å². The fraction of sp³-hybridized carbons (Fsp3) is 0.611. The third kappa shape index (κ3) is 3.86. The SMILES string of the molecule is O=C(O)[C@H]1CCCN(C(=O)c2ccc(N3CCCCCC3)nc2)C1. The Morgan fingerprint density at radius 2 is 1.79 bits per heavy atom. The van der Waals surface area contributed by atoms with Crippen LogP contribution in [-0.2, 0) is 4.79 Å². The number of aromatic nitrogens is 1. The molecule has 1 atom stereocenters. The lowest BCUT2D eigenvalue weighted by Gasteiger charge is -2.30. The first-order valence-corrected chi connectivity index (χ1v) is 8.88. The summed E-state index contributed by atoms with van der Waals surface area (Å²) in [4.78, 5) is 32.1. The zero-order valence-electron chi connectivity index (χ0n) is 14.0. The highest BCUT2D eigenvalue weighted by molar-refractivity contribution is 5.94. The molecule has 0 bridgehead atoms. The van der Waals surface area contributed by atoms with Crippen molar-refractivity contribution in [1.82, 2.24) is 9.88 Å². The van der Waals surface area contributed by atoms with Gasteiger partial charge in [-0.05, 0) is 37.8 Å². The van der Waals surface area contributed by atoms with Gasteiger partial charge in [0.25, 0.3) is 5.91 Å². The fourth-order valence-electron chi connectivity index (χ4n) is 3.55. The molecular weight excluding hydrogens is 306 g/mol. The molecule has 1 N–H and O–H groups in total. The molecule has 2 aliphatic rings. The van der Waals surface area contributed by atoms with E-state index < -0.39 is 11.9 Å². The Bertz CT molecular complexity index is 580. The average molecular weight is 331 g/mol. The van der Waals surface area contributed by atoms with Gasteiger partial charge in [-0.1, -0.05) is 12.8 Å². The number of carboxylic acids is 1. The van der Waals surface area contributed by atoms with Crippen molar-refractivity contribution < 1.29 is 14.7 Å². The molecule has 0 aliphatic carbocycles. The van der Waals surface area contributed by atoms with Crippen molar-refractivity contribution in [2.75, 3.05) is 31.1 Å². The van der Waals surface area contributed by atoms with Gasteiger partial charge in [-0.3, -0.25) is 9.59 Å². The molecule has 6 nitrogen and oxygen atoms in total. The van der Waals surface area contributed by atoms with Crippen molar-refractivity contribution >= 4 is 17.7 Å². The van der Waals surface area contributed by atoms with Crippen LogP contribution in [0.25, 0.3) is 0 Å². The lowest BCUT2D eigenvalue weighted by Crippen LogP contribution is -2.42. The number of pyridine rings is 1. The molecule has 0 unspecified atom stereocenters. The molecule has 0 saturated carbocycles. The van der Waals surface area contributed by atoms with E-state index in [9.17, 15) is 9.59 Å². The van der Waals surface area contributed by atoms with Gasteiger partial charge in [-0.2, -0.15) is 0 Å². The normalized spacial score (nSPS) is 22.1. The maximum Gasteiger partial charge on any atom is 0.308 e. The van der Waals surface area contributed by atoms with E-state index in [4.69, 9.17) is 5.11 Å². The zero-order valence-corrected chi connectivity index (χ0v) is 14.0. The highest BCUT2D eigenvalue weighted by Crippen LogP contribution is 2.21. The minimum absolute atomic E-state index is 0.115. The molecule has 2 aliphatic heterocycles. The number of carbonyl (C=O) groups excluding carboxylic acids is 1. The standard InChI is InChI=1S/C18H25N3O3/c22-17(21-11-5-6-15(13-21)18(23)24)14-7-8-16(19-12-14)20-9-3-1-2-4-10-20/h7-8,12,15H,1-6,9-11,13H2,(H,23,24)/t15-/m0/s1. The van der Waals surface area contributed by atoms with Gasteiger partial charge in [0.2, 0.25) is 0 Å². The summed E-state index contributed by atoms with van der Waals surface area (Å²) in [6, 6.07) is 3.73. The predicted octanol–water partition coefficient (Wildman–Crippen LogP) is 2.40. The Hall–Kier alpha value is -2.11. The number of amides is 1. The van der Waals surface area contributed by atoms with Crippen LogP contribution < -0.4 is 4.90 Å². The summed E-state index contributed by atoms with van der Waals surface area (Å²) in [5.74, 6) is -0.458. The quantitative estimate of drug-likeness (QED) is 0.920. The van der Waals surface area contributed by atoms with Crippen LogP contribution in [0, 0.1) is 5.92 Å². The van der Waals surface area contributed by atoms with E-state index in [1.54, 1.807) is 11.1 Å².